The van der Waals surface area contributed by atoms with Gasteiger partial charge in [-0.3, -0.25) is 4.79 Å². The zero-order chi connectivity index (χ0) is 20.5. The molecule has 0 saturated heterocycles. The lowest BCUT2D eigenvalue weighted by Crippen LogP contribution is -2.28. The predicted molar refractivity (Wildman–Crippen MR) is 111 cm³/mol. The highest BCUT2D eigenvalue weighted by Gasteiger charge is 2.18. The fourth-order valence-corrected chi connectivity index (χ4v) is 3.16. The second-order valence-corrected chi connectivity index (χ2v) is 6.67. The number of nitrogens with zero attached hydrogens (tertiary/aromatic N) is 5. The number of para-hydroxylation sites is 4. The van der Waals surface area contributed by atoms with Crippen LogP contribution in [0, 0.1) is 0 Å². The molecule has 0 radical (unpaired) electrons. The van der Waals surface area contributed by atoms with Crippen LogP contribution in [0.1, 0.15) is 0 Å². The summed E-state index contributed by atoms with van der Waals surface area (Å²) in [4.78, 5) is 32.0. The van der Waals surface area contributed by atoms with Crippen LogP contribution in [0.25, 0.3) is 16.7 Å². The van der Waals surface area contributed by atoms with Crippen LogP contribution in [0.5, 0.6) is 5.75 Å². The number of amides is 1. The molecule has 0 aliphatic heterocycles. The minimum atomic E-state index is -0.406. The van der Waals surface area contributed by atoms with Gasteiger partial charge < -0.3 is 15.0 Å². The van der Waals surface area contributed by atoms with Crippen molar-refractivity contribution in [3.05, 3.63) is 59.0 Å². The van der Waals surface area contributed by atoms with Crippen LogP contribution in [0.2, 0.25) is 0 Å². The average Bonchev–Trinajstić information content (AvgIpc) is 3.04. The van der Waals surface area contributed by atoms with Gasteiger partial charge in [0.05, 0.1) is 23.8 Å². The summed E-state index contributed by atoms with van der Waals surface area (Å²) in [5.41, 5.74) is 1.82. The van der Waals surface area contributed by atoms with Crippen LogP contribution in [-0.4, -0.2) is 46.3 Å². The molecule has 9 nitrogen and oxygen atoms in total. The van der Waals surface area contributed by atoms with Crippen molar-refractivity contribution in [1.82, 2.24) is 19.2 Å². The van der Waals surface area contributed by atoms with Crippen molar-refractivity contribution in [3.63, 3.8) is 0 Å². The lowest BCUT2D eigenvalue weighted by atomic mass is 10.3. The van der Waals surface area contributed by atoms with Gasteiger partial charge in [0, 0.05) is 14.1 Å². The number of carbonyl (C=O) groups excluding carboxylic acids is 1. The number of ether oxygens (including phenoxy) is 1. The first-order chi connectivity index (χ1) is 14.0. The standard InChI is InChI=1S/C20H20N6O3/c1-24(2)18-19-23-25(12-17(27)21-14-9-5-7-11-16(14)29-3)20(28)26(19)15-10-6-4-8-13(15)22-18/h4-11H,12H2,1-3H3,(H,21,27). The summed E-state index contributed by atoms with van der Waals surface area (Å²) in [5.74, 6) is 0.696. The highest BCUT2D eigenvalue weighted by atomic mass is 16.5. The molecule has 0 fully saturated rings. The molecule has 0 spiro atoms. The summed E-state index contributed by atoms with van der Waals surface area (Å²) in [6, 6.07) is 14.4. The van der Waals surface area contributed by atoms with E-state index in [2.05, 4.69) is 15.4 Å². The number of fused-ring (bicyclic) bond motifs is 3. The van der Waals surface area contributed by atoms with Gasteiger partial charge >= 0.3 is 5.69 Å². The van der Waals surface area contributed by atoms with Gasteiger partial charge in [0.2, 0.25) is 11.6 Å². The van der Waals surface area contributed by atoms with Gasteiger partial charge in [-0.25, -0.2) is 18.9 Å². The SMILES string of the molecule is COc1ccccc1NC(=O)Cn1nc2c(N(C)C)nc3ccccc3n2c1=O. The lowest BCUT2D eigenvalue weighted by molar-refractivity contribution is -0.117. The number of hydrogen-bond donors (Lipinski definition) is 1. The van der Waals surface area contributed by atoms with Gasteiger partial charge in [0.1, 0.15) is 12.3 Å². The Kier molecular flexibility index (Phi) is 4.63. The zero-order valence-electron chi connectivity index (χ0n) is 16.3. The van der Waals surface area contributed by atoms with E-state index in [0.29, 0.717) is 33.9 Å². The van der Waals surface area contributed by atoms with E-state index in [1.54, 1.807) is 29.2 Å². The molecular weight excluding hydrogens is 372 g/mol. The molecule has 2 heterocycles. The second kappa shape index (κ2) is 7.27. The van der Waals surface area contributed by atoms with Gasteiger partial charge in [0.15, 0.2) is 5.82 Å². The first-order valence-electron chi connectivity index (χ1n) is 8.98. The zero-order valence-corrected chi connectivity index (χ0v) is 16.3. The Labute approximate surface area is 166 Å². The van der Waals surface area contributed by atoms with E-state index in [4.69, 9.17) is 4.74 Å². The number of methoxy groups -OCH3 is 1. The summed E-state index contributed by atoms with van der Waals surface area (Å²) in [5, 5.41) is 7.14. The van der Waals surface area contributed by atoms with Gasteiger partial charge in [-0.1, -0.05) is 24.3 Å². The Bertz CT molecular complexity index is 1270. The maximum absolute atomic E-state index is 13.0. The Balaban J connectivity index is 1.76. The van der Waals surface area contributed by atoms with E-state index in [-0.39, 0.29) is 12.5 Å². The molecule has 0 bridgehead atoms. The topological polar surface area (TPSA) is 93.8 Å². The Morgan fingerprint density at radius 1 is 1.14 bits per heavy atom. The molecule has 4 rings (SSSR count). The summed E-state index contributed by atoms with van der Waals surface area (Å²) in [7, 11) is 5.18. The van der Waals surface area contributed by atoms with Crippen molar-refractivity contribution in [2.75, 3.05) is 31.4 Å². The third-order valence-electron chi connectivity index (χ3n) is 4.49. The fourth-order valence-electron chi connectivity index (χ4n) is 3.16. The number of benzene rings is 2. The fraction of sp³-hybridized carbons (Fsp3) is 0.200. The molecule has 4 aromatic rings. The van der Waals surface area contributed by atoms with Crippen LogP contribution >= 0.6 is 0 Å². The number of rotatable bonds is 5. The van der Waals surface area contributed by atoms with E-state index in [9.17, 15) is 9.59 Å². The third-order valence-corrected chi connectivity index (χ3v) is 4.49. The van der Waals surface area contributed by atoms with Crippen LogP contribution in [-0.2, 0) is 11.3 Å². The predicted octanol–water partition coefficient (Wildman–Crippen LogP) is 1.76. The average molecular weight is 392 g/mol. The van der Waals surface area contributed by atoms with Crippen LogP contribution in [0.3, 0.4) is 0 Å². The van der Waals surface area contributed by atoms with Gasteiger partial charge in [-0.2, -0.15) is 0 Å². The number of anilines is 2. The highest BCUT2D eigenvalue weighted by molar-refractivity contribution is 5.92. The maximum atomic E-state index is 13.0. The molecule has 0 unspecified atom stereocenters. The molecular formula is C20H20N6O3. The Hall–Kier alpha value is -3.88. The molecule has 0 saturated carbocycles. The number of hydrogen-bond acceptors (Lipinski definition) is 6. The first-order valence-corrected chi connectivity index (χ1v) is 8.98. The van der Waals surface area contributed by atoms with E-state index in [1.807, 2.05) is 38.4 Å². The van der Waals surface area contributed by atoms with Gasteiger partial charge in [-0.05, 0) is 24.3 Å². The molecule has 29 heavy (non-hydrogen) atoms. The summed E-state index contributed by atoms with van der Waals surface area (Å²) in [6.07, 6.45) is 0. The second-order valence-electron chi connectivity index (χ2n) is 6.67. The molecule has 2 aromatic heterocycles. The van der Waals surface area contributed by atoms with E-state index in [0.717, 1.165) is 4.68 Å². The molecule has 148 valence electrons. The van der Waals surface area contributed by atoms with Crippen molar-refractivity contribution >= 4 is 34.1 Å². The van der Waals surface area contributed by atoms with Crippen LogP contribution in [0.15, 0.2) is 53.3 Å². The van der Waals surface area contributed by atoms with Crippen molar-refractivity contribution in [3.8, 4) is 5.75 Å². The van der Waals surface area contributed by atoms with Crippen LogP contribution < -0.4 is 20.6 Å². The smallest absolute Gasteiger partial charge is 0.351 e. The molecule has 2 aromatic carbocycles. The van der Waals surface area contributed by atoms with Gasteiger partial charge in [-0.15, -0.1) is 5.10 Å². The summed E-state index contributed by atoms with van der Waals surface area (Å²) >= 11 is 0. The molecule has 0 atom stereocenters. The summed E-state index contributed by atoms with van der Waals surface area (Å²) in [6.45, 7) is -0.236. The first kappa shape index (κ1) is 18.5. The monoisotopic (exact) mass is 392 g/mol. The van der Waals surface area contributed by atoms with E-state index >= 15 is 0 Å². The van der Waals surface area contributed by atoms with Crippen molar-refractivity contribution < 1.29 is 9.53 Å². The Morgan fingerprint density at radius 2 is 1.86 bits per heavy atom. The van der Waals surface area contributed by atoms with Crippen molar-refractivity contribution in [1.29, 1.82) is 0 Å². The van der Waals surface area contributed by atoms with E-state index < -0.39 is 5.69 Å². The highest BCUT2D eigenvalue weighted by Crippen LogP contribution is 2.23. The maximum Gasteiger partial charge on any atom is 0.351 e. The minimum Gasteiger partial charge on any atom is -0.495 e. The largest absolute Gasteiger partial charge is 0.495 e. The summed E-state index contributed by atoms with van der Waals surface area (Å²) < 4.78 is 7.86. The molecule has 0 aliphatic carbocycles. The quantitative estimate of drug-likeness (QED) is 0.556. The lowest BCUT2D eigenvalue weighted by Gasteiger charge is -2.12. The minimum absolute atomic E-state index is 0.236. The van der Waals surface area contributed by atoms with Crippen LogP contribution in [0.4, 0.5) is 11.5 Å². The number of carbonyl (C=O) groups is 1. The number of nitrogens with one attached hydrogen (secondary N) is 1. The molecule has 0 aliphatic rings. The normalized spacial score (nSPS) is 11.0. The third kappa shape index (κ3) is 3.27. The molecule has 1 N–H and O–H groups in total. The Morgan fingerprint density at radius 3 is 2.62 bits per heavy atom. The molecule has 1 amide bonds. The van der Waals surface area contributed by atoms with Gasteiger partial charge in [0.25, 0.3) is 0 Å². The number of aromatic nitrogens is 4. The van der Waals surface area contributed by atoms with E-state index in [1.165, 1.54) is 11.5 Å². The van der Waals surface area contributed by atoms with Crippen molar-refractivity contribution in [2.24, 2.45) is 0 Å². The molecule has 9 heteroatoms. The van der Waals surface area contributed by atoms with Crippen molar-refractivity contribution in [2.45, 2.75) is 6.54 Å².